The van der Waals surface area contributed by atoms with Crippen molar-refractivity contribution in [2.24, 2.45) is 11.0 Å². The molecule has 0 spiro atoms. The molecule has 4 heterocycles. The fraction of sp³-hybridized carbons (Fsp3) is 0.621. The highest BCUT2D eigenvalue weighted by Crippen LogP contribution is 2.33. The molecule has 0 radical (unpaired) electrons. The average Bonchev–Trinajstić information content (AvgIpc) is 3.01. The number of methoxy groups -OCH3 is 1. The number of nitrogens with zero attached hydrogens (tertiary/aromatic N) is 7. The Morgan fingerprint density at radius 1 is 1.02 bits per heavy atom. The van der Waals surface area contributed by atoms with Crippen molar-refractivity contribution in [1.29, 1.82) is 0 Å². The van der Waals surface area contributed by atoms with Gasteiger partial charge in [0.05, 0.1) is 61.5 Å². The third-order valence-corrected chi connectivity index (χ3v) is 8.51. The van der Waals surface area contributed by atoms with Crippen molar-refractivity contribution >= 4 is 11.6 Å². The Morgan fingerprint density at radius 2 is 1.76 bits per heavy atom. The van der Waals surface area contributed by atoms with E-state index in [1.165, 1.54) is 0 Å². The Balaban J connectivity index is 1.29. The van der Waals surface area contributed by atoms with Crippen molar-refractivity contribution in [3.63, 3.8) is 0 Å². The molecule has 1 aromatic carbocycles. The number of anilines is 1. The van der Waals surface area contributed by atoms with Gasteiger partial charge in [0, 0.05) is 58.3 Å². The lowest BCUT2D eigenvalue weighted by Gasteiger charge is -2.42. The second-order valence-corrected chi connectivity index (χ2v) is 11.0. The molecule has 0 atom stereocenters. The zero-order chi connectivity index (χ0) is 28.8. The fourth-order valence-corrected chi connectivity index (χ4v) is 6.16. The predicted molar refractivity (Wildman–Crippen MR) is 156 cm³/mol. The standard InChI is InChI=1S/C29H42N8O4/c1-3-23-25(20-34-14-16-41-17-15-34)31-24(28(32-23)29(30)38)18-21-4-5-26(27(19-21)40-2)36-8-6-22(7-9-36)35-10-12-37(33-39)13-11-35/h4-5,19,22H,3,6-18,20H2,1-2H3,(H2,30,38). The number of nitroso groups, excluding NO2 is 1. The van der Waals surface area contributed by atoms with Gasteiger partial charge in [-0.2, -0.15) is 0 Å². The smallest absolute Gasteiger partial charge is 0.269 e. The SMILES string of the molecule is CCc1nc(C(N)=O)c(Cc2ccc(N3CCC(N4CCN(N=O)CC4)CC3)c(OC)c2)nc1CN1CCOCC1. The maximum atomic E-state index is 12.4. The number of piperazine rings is 1. The van der Waals surface area contributed by atoms with Gasteiger partial charge in [-0.1, -0.05) is 13.0 Å². The number of amides is 1. The number of hydrogen-bond donors (Lipinski definition) is 1. The van der Waals surface area contributed by atoms with Crippen molar-refractivity contribution in [3.8, 4) is 5.75 Å². The zero-order valence-corrected chi connectivity index (χ0v) is 24.3. The number of piperidine rings is 1. The highest BCUT2D eigenvalue weighted by molar-refractivity contribution is 5.92. The largest absolute Gasteiger partial charge is 0.495 e. The first-order valence-corrected chi connectivity index (χ1v) is 14.7. The van der Waals surface area contributed by atoms with Crippen LogP contribution >= 0.6 is 0 Å². The Morgan fingerprint density at radius 3 is 2.39 bits per heavy atom. The van der Waals surface area contributed by atoms with Gasteiger partial charge in [0.1, 0.15) is 11.4 Å². The summed E-state index contributed by atoms with van der Waals surface area (Å²) in [5, 5.41) is 4.69. The molecule has 3 fully saturated rings. The molecular formula is C29H42N8O4. The van der Waals surface area contributed by atoms with Crippen molar-refractivity contribution in [2.45, 2.75) is 45.2 Å². The van der Waals surface area contributed by atoms with Crippen LogP contribution in [-0.2, 0) is 24.1 Å². The molecular weight excluding hydrogens is 524 g/mol. The minimum absolute atomic E-state index is 0.238. The van der Waals surface area contributed by atoms with Gasteiger partial charge >= 0.3 is 0 Å². The van der Waals surface area contributed by atoms with Gasteiger partial charge in [0.25, 0.3) is 5.91 Å². The molecule has 0 unspecified atom stereocenters. The Hall–Kier alpha value is -3.35. The number of ether oxygens (including phenoxy) is 2. The van der Waals surface area contributed by atoms with Crippen molar-refractivity contribution < 1.29 is 14.3 Å². The quantitative estimate of drug-likeness (QED) is 0.425. The maximum Gasteiger partial charge on any atom is 0.269 e. The highest BCUT2D eigenvalue weighted by atomic mass is 16.5. The summed E-state index contributed by atoms with van der Waals surface area (Å²) in [5.41, 5.74) is 10.4. The molecule has 3 aliphatic heterocycles. The van der Waals surface area contributed by atoms with Crippen molar-refractivity contribution in [3.05, 3.63) is 51.4 Å². The number of benzene rings is 1. The van der Waals surface area contributed by atoms with E-state index in [2.05, 4.69) is 37.1 Å². The lowest BCUT2D eigenvalue weighted by Crippen LogP contribution is -2.52. The molecule has 2 aromatic rings. The van der Waals surface area contributed by atoms with Gasteiger partial charge in [0.15, 0.2) is 0 Å². The topological polar surface area (TPSA) is 130 Å². The number of aryl methyl sites for hydroxylation is 1. The molecule has 1 aromatic heterocycles. The van der Waals surface area contributed by atoms with E-state index in [4.69, 9.17) is 20.2 Å². The van der Waals surface area contributed by atoms with Crippen LogP contribution < -0.4 is 15.4 Å². The number of nitrogens with two attached hydrogens (primary N) is 1. The highest BCUT2D eigenvalue weighted by Gasteiger charge is 2.29. The van der Waals surface area contributed by atoms with Crippen molar-refractivity contribution in [2.75, 3.05) is 77.6 Å². The number of carbonyl (C=O) groups excluding carboxylic acids is 1. The van der Waals surface area contributed by atoms with E-state index in [1.807, 2.05) is 13.0 Å². The number of morpholine rings is 1. The molecule has 41 heavy (non-hydrogen) atoms. The summed E-state index contributed by atoms with van der Waals surface area (Å²) in [4.78, 5) is 40.0. The number of aromatic nitrogens is 2. The van der Waals surface area contributed by atoms with E-state index in [0.717, 1.165) is 80.5 Å². The molecule has 2 N–H and O–H groups in total. The van der Waals surface area contributed by atoms with E-state index in [1.54, 1.807) is 12.1 Å². The molecule has 0 bridgehead atoms. The summed E-state index contributed by atoms with van der Waals surface area (Å²) in [7, 11) is 1.70. The van der Waals surface area contributed by atoms with Gasteiger partial charge in [-0.25, -0.2) is 4.98 Å². The van der Waals surface area contributed by atoms with Crippen LogP contribution in [0.15, 0.2) is 23.5 Å². The molecule has 222 valence electrons. The van der Waals surface area contributed by atoms with Gasteiger partial charge in [-0.15, -0.1) is 4.91 Å². The van der Waals surface area contributed by atoms with Crippen LogP contribution in [0, 0.1) is 4.91 Å². The minimum Gasteiger partial charge on any atom is -0.495 e. The Bertz CT molecular complexity index is 1210. The number of hydrogen-bond acceptors (Lipinski definition) is 10. The lowest BCUT2D eigenvalue weighted by atomic mass is 10.0. The normalized spacial score (nSPS) is 19.4. The van der Waals surface area contributed by atoms with E-state index in [9.17, 15) is 9.70 Å². The molecule has 3 saturated heterocycles. The van der Waals surface area contributed by atoms with E-state index in [0.29, 0.717) is 57.4 Å². The molecule has 0 saturated carbocycles. The second kappa shape index (κ2) is 13.5. The molecule has 5 rings (SSSR count). The van der Waals surface area contributed by atoms with Crippen LogP contribution in [-0.4, -0.2) is 109 Å². The minimum atomic E-state index is -0.560. The predicted octanol–water partition coefficient (Wildman–Crippen LogP) is 1.84. The Kier molecular flexibility index (Phi) is 9.63. The number of primary amides is 1. The summed E-state index contributed by atoms with van der Waals surface area (Å²) in [6, 6.07) is 6.75. The van der Waals surface area contributed by atoms with E-state index >= 15 is 0 Å². The van der Waals surface area contributed by atoms with Crippen LogP contribution in [0.5, 0.6) is 5.75 Å². The summed E-state index contributed by atoms with van der Waals surface area (Å²) in [6.07, 6.45) is 3.24. The molecule has 0 aliphatic carbocycles. The zero-order valence-electron chi connectivity index (χ0n) is 24.3. The first kappa shape index (κ1) is 29.2. The fourth-order valence-electron chi connectivity index (χ4n) is 6.16. The van der Waals surface area contributed by atoms with Gasteiger partial charge < -0.3 is 20.1 Å². The summed E-state index contributed by atoms with van der Waals surface area (Å²) < 4.78 is 11.3. The van der Waals surface area contributed by atoms with Gasteiger partial charge in [0.2, 0.25) is 0 Å². The summed E-state index contributed by atoms with van der Waals surface area (Å²) in [6.45, 7) is 10.9. The van der Waals surface area contributed by atoms with Crippen LogP contribution in [0.3, 0.4) is 0 Å². The monoisotopic (exact) mass is 566 g/mol. The van der Waals surface area contributed by atoms with E-state index in [-0.39, 0.29) is 5.69 Å². The number of carbonyl (C=O) groups is 1. The first-order chi connectivity index (χ1) is 20.0. The third kappa shape index (κ3) is 6.94. The van der Waals surface area contributed by atoms with Gasteiger partial charge in [-0.05, 0) is 37.0 Å². The summed E-state index contributed by atoms with van der Waals surface area (Å²) >= 11 is 0. The average molecular weight is 567 g/mol. The molecule has 12 heteroatoms. The van der Waals surface area contributed by atoms with Crippen LogP contribution in [0.1, 0.15) is 52.9 Å². The van der Waals surface area contributed by atoms with E-state index < -0.39 is 5.91 Å². The van der Waals surface area contributed by atoms with Gasteiger partial charge in [-0.3, -0.25) is 24.6 Å². The third-order valence-electron chi connectivity index (χ3n) is 8.51. The van der Waals surface area contributed by atoms with Crippen molar-refractivity contribution in [1.82, 2.24) is 24.8 Å². The lowest BCUT2D eigenvalue weighted by molar-refractivity contribution is 0.0334. The van der Waals surface area contributed by atoms with Crippen LogP contribution in [0.25, 0.3) is 0 Å². The second-order valence-electron chi connectivity index (χ2n) is 11.0. The molecule has 12 nitrogen and oxygen atoms in total. The molecule has 3 aliphatic rings. The van der Waals surface area contributed by atoms with Crippen LogP contribution in [0.2, 0.25) is 0 Å². The first-order valence-electron chi connectivity index (χ1n) is 14.7. The Labute approximate surface area is 241 Å². The maximum absolute atomic E-state index is 12.4. The molecule has 1 amide bonds. The summed E-state index contributed by atoms with van der Waals surface area (Å²) in [5.74, 6) is 0.245. The van der Waals surface area contributed by atoms with Crippen LogP contribution in [0.4, 0.5) is 5.69 Å². The number of rotatable bonds is 10.